The molecule has 2 aliphatic rings. The SMILES string of the molecule is Cc1cc(C(=O)NCCC2(c3ccc4c(c3)CC(=O)N4C)OCCO2)ccc1N(C)C. The number of likely N-dealkylation sites (N-methyl/N-ethyl adjacent to an activating group) is 1. The number of nitrogens with one attached hydrogen (secondary N) is 1. The first-order valence-corrected chi connectivity index (χ1v) is 10.5. The molecular formula is C24H29N3O4. The quantitative estimate of drug-likeness (QED) is 0.773. The molecule has 0 saturated carbocycles. The number of carbonyl (C=O) groups excluding carboxylic acids is 2. The van der Waals surface area contributed by atoms with Crippen LogP contribution in [0.1, 0.15) is 33.5 Å². The van der Waals surface area contributed by atoms with E-state index in [-0.39, 0.29) is 11.8 Å². The van der Waals surface area contributed by atoms with Crippen LogP contribution in [0.3, 0.4) is 0 Å². The molecule has 1 N–H and O–H groups in total. The number of rotatable bonds is 6. The third-order valence-electron chi connectivity index (χ3n) is 6.03. The summed E-state index contributed by atoms with van der Waals surface area (Å²) in [5, 5.41) is 2.99. The number of benzene rings is 2. The number of hydrogen-bond acceptors (Lipinski definition) is 5. The van der Waals surface area contributed by atoms with Crippen LogP contribution in [0.5, 0.6) is 0 Å². The minimum Gasteiger partial charge on any atom is -0.377 e. The molecule has 2 aliphatic heterocycles. The molecule has 4 rings (SSSR count). The van der Waals surface area contributed by atoms with Crippen LogP contribution >= 0.6 is 0 Å². The van der Waals surface area contributed by atoms with Gasteiger partial charge in [0.2, 0.25) is 5.91 Å². The Bertz CT molecular complexity index is 1010. The third kappa shape index (κ3) is 4.03. The van der Waals surface area contributed by atoms with Gasteiger partial charge in [-0.15, -0.1) is 0 Å². The standard InChI is InChI=1S/C24H29N3O4/c1-16-13-17(5-7-20(16)26(2)3)23(29)25-10-9-24(30-11-12-31-24)19-6-8-21-18(14-19)15-22(28)27(21)4/h5-8,13-14H,9-12,15H2,1-4H3,(H,25,29). The van der Waals surface area contributed by atoms with E-state index >= 15 is 0 Å². The van der Waals surface area contributed by atoms with Crippen LogP contribution in [0.4, 0.5) is 11.4 Å². The highest BCUT2D eigenvalue weighted by molar-refractivity contribution is 6.01. The summed E-state index contributed by atoms with van der Waals surface area (Å²) >= 11 is 0. The largest absolute Gasteiger partial charge is 0.377 e. The van der Waals surface area contributed by atoms with E-state index in [0.717, 1.165) is 28.1 Å². The highest BCUT2D eigenvalue weighted by Crippen LogP contribution is 2.38. The highest BCUT2D eigenvalue weighted by atomic mass is 16.7. The van der Waals surface area contributed by atoms with Gasteiger partial charge in [0, 0.05) is 56.6 Å². The molecule has 2 amide bonds. The van der Waals surface area contributed by atoms with Crippen LogP contribution in [0, 0.1) is 6.92 Å². The first-order valence-electron chi connectivity index (χ1n) is 10.5. The van der Waals surface area contributed by atoms with Crippen LogP contribution < -0.4 is 15.1 Å². The predicted molar refractivity (Wildman–Crippen MR) is 120 cm³/mol. The zero-order valence-corrected chi connectivity index (χ0v) is 18.5. The van der Waals surface area contributed by atoms with E-state index in [4.69, 9.17) is 9.47 Å². The molecule has 1 saturated heterocycles. The number of amides is 2. The molecule has 7 nitrogen and oxygen atoms in total. The second kappa shape index (κ2) is 8.32. The second-order valence-electron chi connectivity index (χ2n) is 8.32. The molecule has 0 unspecified atom stereocenters. The van der Waals surface area contributed by atoms with Gasteiger partial charge in [-0.1, -0.05) is 6.07 Å². The molecule has 2 heterocycles. The van der Waals surface area contributed by atoms with Gasteiger partial charge in [0.05, 0.1) is 19.6 Å². The zero-order chi connectivity index (χ0) is 22.2. The van der Waals surface area contributed by atoms with E-state index < -0.39 is 5.79 Å². The Balaban J connectivity index is 1.45. The summed E-state index contributed by atoms with van der Waals surface area (Å²) in [5.74, 6) is -0.947. The first-order chi connectivity index (χ1) is 14.8. The average molecular weight is 424 g/mol. The molecule has 2 aromatic rings. The number of aryl methyl sites for hydroxylation is 1. The fourth-order valence-electron chi connectivity index (χ4n) is 4.36. The lowest BCUT2D eigenvalue weighted by Gasteiger charge is -2.28. The highest BCUT2D eigenvalue weighted by Gasteiger charge is 2.39. The number of hydrogen-bond donors (Lipinski definition) is 1. The maximum Gasteiger partial charge on any atom is 0.251 e. The Morgan fingerprint density at radius 1 is 1.16 bits per heavy atom. The number of ether oxygens (including phenoxy) is 2. The number of anilines is 2. The van der Waals surface area contributed by atoms with Crippen molar-refractivity contribution in [3.8, 4) is 0 Å². The maximum atomic E-state index is 12.7. The summed E-state index contributed by atoms with van der Waals surface area (Å²) in [6, 6.07) is 11.6. The number of fused-ring (bicyclic) bond motifs is 1. The van der Waals surface area contributed by atoms with Crippen LogP contribution in [0.15, 0.2) is 36.4 Å². The molecule has 7 heteroatoms. The summed E-state index contributed by atoms with van der Waals surface area (Å²) in [7, 11) is 5.75. The summed E-state index contributed by atoms with van der Waals surface area (Å²) in [5.41, 5.74) is 5.55. The predicted octanol–water partition coefficient (Wildman–Crippen LogP) is 2.60. The molecule has 0 radical (unpaired) electrons. The fraction of sp³-hybridized carbons (Fsp3) is 0.417. The summed E-state index contributed by atoms with van der Waals surface area (Å²) < 4.78 is 12.0. The van der Waals surface area contributed by atoms with Crippen molar-refractivity contribution in [2.24, 2.45) is 0 Å². The second-order valence-corrected chi connectivity index (χ2v) is 8.32. The monoisotopic (exact) mass is 423 g/mol. The van der Waals surface area contributed by atoms with Crippen molar-refractivity contribution in [2.45, 2.75) is 25.6 Å². The zero-order valence-electron chi connectivity index (χ0n) is 18.5. The smallest absolute Gasteiger partial charge is 0.251 e. The Labute approximate surface area is 182 Å². The minimum absolute atomic E-state index is 0.0808. The van der Waals surface area contributed by atoms with E-state index in [9.17, 15) is 9.59 Å². The molecule has 1 fully saturated rings. The summed E-state index contributed by atoms with van der Waals surface area (Å²) in [6.45, 7) is 3.39. The topological polar surface area (TPSA) is 71.1 Å². The average Bonchev–Trinajstić information content (AvgIpc) is 3.33. The first kappa shape index (κ1) is 21.3. The van der Waals surface area contributed by atoms with Crippen molar-refractivity contribution in [3.05, 3.63) is 58.7 Å². The van der Waals surface area contributed by atoms with Crippen molar-refractivity contribution in [1.29, 1.82) is 0 Å². The van der Waals surface area contributed by atoms with E-state index in [2.05, 4.69) is 5.32 Å². The Morgan fingerprint density at radius 3 is 2.58 bits per heavy atom. The van der Waals surface area contributed by atoms with Crippen molar-refractivity contribution >= 4 is 23.2 Å². The maximum absolute atomic E-state index is 12.7. The van der Waals surface area contributed by atoms with Gasteiger partial charge in [0.25, 0.3) is 5.91 Å². The minimum atomic E-state index is -0.906. The van der Waals surface area contributed by atoms with Crippen LogP contribution in [0.25, 0.3) is 0 Å². The van der Waals surface area contributed by atoms with Gasteiger partial charge in [-0.05, 0) is 48.4 Å². The molecule has 0 bridgehead atoms. The van der Waals surface area contributed by atoms with Crippen molar-refractivity contribution in [3.63, 3.8) is 0 Å². The lowest BCUT2D eigenvalue weighted by Crippen LogP contribution is -2.34. The molecule has 0 aromatic heterocycles. The van der Waals surface area contributed by atoms with Crippen molar-refractivity contribution in [2.75, 3.05) is 50.7 Å². The molecule has 0 aliphatic carbocycles. The van der Waals surface area contributed by atoms with E-state index in [1.54, 1.807) is 11.9 Å². The number of nitrogens with zero attached hydrogens (tertiary/aromatic N) is 2. The van der Waals surface area contributed by atoms with Gasteiger partial charge in [-0.3, -0.25) is 9.59 Å². The van der Waals surface area contributed by atoms with Crippen molar-refractivity contribution < 1.29 is 19.1 Å². The van der Waals surface area contributed by atoms with Crippen LogP contribution in [-0.4, -0.2) is 52.7 Å². The van der Waals surface area contributed by atoms with Crippen LogP contribution in [0.2, 0.25) is 0 Å². The molecule has 164 valence electrons. The van der Waals surface area contributed by atoms with Gasteiger partial charge in [-0.2, -0.15) is 0 Å². The summed E-state index contributed by atoms with van der Waals surface area (Å²) in [6.07, 6.45) is 0.866. The lowest BCUT2D eigenvalue weighted by atomic mass is 9.98. The van der Waals surface area contributed by atoms with Gasteiger partial charge in [0.1, 0.15) is 0 Å². The third-order valence-corrected chi connectivity index (χ3v) is 6.03. The van der Waals surface area contributed by atoms with E-state index in [0.29, 0.717) is 38.2 Å². The molecule has 31 heavy (non-hydrogen) atoms. The van der Waals surface area contributed by atoms with Gasteiger partial charge >= 0.3 is 0 Å². The number of carbonyl (C=O) groups is 2. The normalized spacial score (nSPS) is 17.0. The summed E-state index contributed by atoms with van der Waals surface area (Å²) in [4.78, 5) is 28.4. The van der Waals surface area contributed by atoms with E-state index in [1.165, 1.54) is 0 Å². The Morgan fingerprint density at radius 2 is 1.90 bits per heavy atom. The van der Waals surface area contributed by atoms with E-state index in [1.807, 2.05) is 62.3 Å². The van der Waals surface area contributed by atoms with Gasteiger partial charge in [0.15, 0.2) is 5.79 Å². The van der Waals surface area contributed by atoms with Gasteiger partial charge < -0.3 is 24.6 Å². The molecule has 2 aromatic carbocycles. The Kier molecular flexibility index (Phi) is 5.73. The molecule has 0 atom stereocenters. The lowest BCUT2D eigenvalue weighted by molar-refractivity contribution is -0.169. The van der Waals surface area contributed by atoms with Gasteiger partial charge in [-0.25, -0.2) is 0 Å². The van der Waals surface area contributed by atoms with Crippen LogP contribution in [-0.2, 0) is 26.5 Å². The fourth-order valence-corrected chi connectivity index (χ4v) is 4.36. The molecular weight excluding hydrogens is 394 g/mol. The van der Waals surface area contributed by atoms with Crippen molar-refractivity contribution in [1.82, 2.24) is 5.32 Å². The Hall–Kier alpha value is -2.90. The molecule has 0 spiro atoms.